The van der Waals surface area contributed by atoms with Crippen molar-refractivity contribution in [3.05, 3.63) is 139 Å². The van der Waals surface area contributed by atoms with Gasteiger partial charge in [0.05, 0.1) is 37.3 Å². The van der Waals surface area contributed by atoms with Crippen molar-refractivity contribution in [2.75, 3.05) is 31.8 Å². The number of ether oxygens (including phenoxy) is 3. The van der Waals surface area contributed by atoms with Crippen LogP contribution >= 0.6 is 0 Å². The SMILES string of the molecule is COC[C@@H]1NC(=O)CC/C=C\CN(c2ccc3ccccc3c2)C(=O)[C@H]2N([C@H](CO)c3ccccc3)C(=O)[C@@H]3[C@@H](C(=O)O[C@H]1c1ccccc1)[C@H]1C=C[C@]32O1. The first-order chi connectivity index (χ1) is 26.8. The molecule has 282 valence electrons. The van der Waals surface area contributed by atoms with Gasteiger partial charge in [-0.2, -0.15) is 0 Å². The number of esters is 1. The zero-order chi connectivity index (χ0) is 38.1. The number of aliphatic hydroxyl groups is 1. The highest BCUT2D eigenvalue weighted by molar-refractivity contribution is 6.06. The van der Waals surface area contributed by atoms with Crippen molar-refractivity contribution >= 4 is 40.2 Å². The first kappa shape index (κ1) is 36.4. The molecule has 0 saturated carbocycles. The molecule has 4 aromatic rings. The van der Waals surface area contributed by atoms with E-state index >= 15 is 9.59 Å². The zero-order valence-electron chi connectivity index (χ0n) is 30.4. The maximum Gasteiger partial charge on any atom is 0.313 e. The van der Waals surface area contributed by atoms with E-state index in [2.05, 4.69) is 5.32 Å². The van der Waals surface area contributed by atoms with Gasteiger partial charge in [-0.1, -0.05) is 115 Å². The van der Waals surface area contributed by atoms with Crippen LogP contribution in [0, 0.1) is 11.8 Å². The lowest BCUT2D eigenvalue weighted by atomic mass is 9.74. The fraction of sp³-hybridized carbons (Fsp3) is 0.318. The third-order valence-electron chi connectivity index (χ3n) is 11.2. The second-order valence-corrected chi connectivity index (χ2v) is 14.4. The predicted molar refractivity (Wildman–Crippen MR) is 204 cm³/mol. The summed E-state index contributed by atoms with van der Waals surface area (Å²) in [5, 5.41) is 15.9. The van der Waals surface area contributed by atoms with Gasteiger partial charge in [0, 0.05) is 25.8 Å². The standard InChI is InChI=1S/C44H43N3O8/c1-53-27-33-39(30-16-7-3-8-17-30)54-43(52)37-35-22-23-44(55-35)38(37)41(50)47(34(26-48)29-14-5-2-6-15-29)40(44)42(51)46(24-12-4-9-19-36(49)45-33)32-21-20-28-13-10-11-18-31(28)25-32/h2-8,10-18,20-23,25,33-35,37-40,48H,9,19,24,26-27H2,1H3,(H,45,49)/b12-4-/t33-,34+,35+,37-,38-,39-,40+,44-/m0/s1. The molecule has 0 unspecified atom stereocenters. The van der Waals surface area contributed by atoms with Gasteiger partial charge in [0.2, 0.25) is 11.8 Å². The van der Waals surface area contributed by atoms with Crippen LogP contribution in [0.4, 0.5) is 5.69 Å². The Bertz CT molecular complexity index is 2140. The zero-order valence-corrected chi connectivity index (χ0v) is 30.4. The van der Waals surface area contributed by atoms with E-state index in [0.29, 0.717) is 23.2 Å². The lowest BCUT2D eigenvalue weighted by molar-refractivity contribution is -0.162. The lowest BCUT2D eigenvalue weighted by Crippen LogP contribution is -2.57. The van der Waals surface area contributed by atoms with Crippen molar-refractivity contribution in [1.82, 2.24) is 10.2 Å². The molecule has 3 amide bonds. The number of likely N-dealkylation sites (tertiary alicyclic amines) is 1. The van der Waals surface area contributed by atoms with Gasteiger partial charge in [0.25, 0.3) is 5.91 Å². The van der Waals surface area contributed by atoms with Crippen molar-refractivity contribution in [3.63, 3.8) is 0 Å². The predicted octanol–water partition coefficient (Wildman–Crippen LogP) is 4.82. The number of rotatable bonds is 7. The van der Waals surface area contributed by atoms with Gasteiger partial charge in [-0.25, -0.2) is 0 Å². The van der Waals surface area contributed by atoms with Crippen LogP contribution in [-0.4, -0.2) is 84.4 Å². The van der Waals surface area contributed by atoms with Gasteiger partial charge in [-0.3, -0.25) is 19.2 Å². The smallest absolute Gasteiger partial charge is 0.313 e. The van der Waals surface area contributed by atoms with Crippen molar-refractivity contribution in [2.24, 2.45) is 11.8 Å². The summed E-state index contributed by atoms with van der Waals surface area (Å²) in [6, 6.07) is 28.8. The molecule has 2 saturated heterocycles. The van der Waals surface area contributed by atoms with Gasteiger partial charge in [0.15, 0.2) is 0 Å². The summed E-state index contributed by atoms with van der Waals surface area (Å²) in [6.07, 6.45) is 5.86. The number of nitrogens with zero attached hydrogens (tertiary/aromatic N) is 2. The Balaban J connectivity index is 1.28. The molecule has 11 nitrogen and oxygen atoms in total. The van der Waals surface area contributed by atoms with Gasteiger partial charge in [0.1, 0.15) is 23.7 Å². The van der Waals surface area contributed by atoms with E-state index < -0.39 is 72.2 Å². The van der Waals surface area contributed by atoms with E-state index in [1.807, 2.05) is 91.0 Å². The van der Waals surface area contributed by atoms with E-state index in [1.54, 1.807) is 41.3 Å². The maximum atomic E-state index is 15.5. The molecule has 0 aromatic heterocycles. The molecule has 4 aliphatic heterocycles. The first-order valence-corrected chi connectivity index (χ1v) is 18.7. The van der Waals surface area contributed by atoms with E-state index in [4.69, 9.17) is 14.2 Å². The average Bonchev–Trinajstić information content (AvgIpc) is 3.86. The second-order valence-electron chi connectivity index (χ2n) is 14.4. The van der Waals surface area contributed by atoms with Crippen molar-refractivity contribution in [1.29, 1.82) is 0 Å². The average molecular weight is 742 g/mol. The summed E-state index contributed by atoms with van der Waals surface area (Å²) in [6.45, 7) is -0.311. The minimum atomic E-state index is -1.54. The highest BCUT2D eigenvalue weighted by Crippen LogP contribution is 2.57. The number of methoxy groups -OCH3 is 1. The number of carbonyl (C=O) groups is 4. The number of benzene rings is 4. The van der Waals surface area contributed by atoms with Gasteiger partial charge >= 0.3 is 5.97 Å². The molecule has 2 fully saturated rings. The second kappa shape index (κ2) is 15.3. The van der Waals surface area contributed by atoms with Crippen LogP contribution in [0.3, 0.4) is 0 Å². The summed E-state index contributed by atoms with van der Waals surface area (Å²) in [7, 11) is 1.51. The van der Waals surface area contributed by atoms with E-state index in [0.717, 1.165) is 10.8 Å². The van der Waals surface area contributed by atoms with Crippen molar-refractivity contribution in [2.45, 2.75) is 48.8 Å². The number of aliphatic hydroxyl groups excluding tert-OH is 1. The number of hydrogen-bond donors (Lipinski definition) is 2. The third kappa shape index (κ3) is 6.52. The molecule has 8 rings (SSSR count). The van der Waals surface area contributed by atoms with Gasteiger partial charge in [-0.15, -0.1) is 0 Å². The summed E-state index contributed by atoms with van der Waals surface area (Å²) in [4.78, 5) is 61.6. The quantitative estimate of drug-likeness (QED) is 0.204. The fourth-order valence-electron chi connectivity index (χ4n) is 8.74. The molecule has 4 heterocycles. The summed E-state index contributed by atoms with van der Waals surface area (Å²) < 4.78 is 18.6. The van der Waals surface area contributed by atoms with Crippen LogP contribution in [0.2, 0.25) is 0 Å². The summed E-state index contributed by atoms with van der Waals surface area (Å²) >= 11 is 0. The van der Waals surface area contributed by atoms with Crippen LogP contribution in [0.15, 0.2) is 127 Å². The summed E-state index contributed by atoms with van der Waals surface area (Å²) in [5.74, 6) is -4.16. The monoisotopic (exact) mass is 741 g/mol. The largest absolute Gasteiger partial charge is 0.455 e. The molecule has 8 atom stereocenters. The first-order valence-electron chi connectivity index (χ1n) is 18.7. The molecular formula is C44H43N3O8. The van der Waals surface area contributed by atoms with Crippen molar-refractivity contribution < 1.29 is 38.5 Å². The molecule has 1 spiro atoms. The topological polar surface area (TPSA) is 135 Å². The number of nitrogens with one attached hydrogen (secondary N) is 1. The molecule has 0 radical (unpaired) electrons. The molecule has 4 aliphatic rings. The lowest BCUT2D eigenvalue weighted by Gasteiger charge is -2.39. The number of hydrogen-bond acceptors (Lipinski definition) is 8. The molecule has 2 N–H and O–H groups in total. The number of anilines is 1. The maximum absolute atomic E-state index is 15.5. The molecule has 11 heteroatoms. The normalized spacial score (nSPS) is 29.3. The Labute approximate surface area is 319 Å². The van der Waals surface area contributed by atoms with Gasteiger partial charge < -0.3 is 34.4 Å². The Morgan fingerprint density at radius 2 is 1.62 bits per heavy atom. The van der Waals surface area contributed by atoms with Crippen molar-refractivity contribution in [3.8, 4) is 0 Å². The van der Waals surface area contributed by atoms with Crippen LogP contribution in [0.5, 0.6) is 0 Å². The summed E-state index contributed by atoms with van der Waals surface area (Å²) in [5.41, 5.74) is 0.317. The Hall–Kier alpha value is -5.62. The molecule has 55 heavy (non-hydrogen) atoms. The van der Waals surface area contributed by atoms with Crippen LogP contribution in [-0.2, 0) is 33.4 Å². The Morgan fingerprint density at radius 1 is 0.891 bits per heavy atom. The minimum absolute atomic E-state index is 0.0472. The Morgan fingerprint density at radius 3 is 2.36 bits per heavy atom. The molecule has 5 bridgehead atoms. The molecular weight excluding hydrogens is 698 g/mol. The number of amides is 3. The van der Waals surface area contributed by atoms with Crippen LogP contribution < -0.4 is 10.2 Å². The number of allylic oxidation sites excluding steroid dienone is 1. The number of carbonyl (C=O) groups excluding carboxylic acids is 4. The number of cyclic esters (lactones) is 1. The highest BCUT2D eigenvalue weighted by Gasteiger charge is 2.74. The third-order valence-corrected chi connectivity index (χ3v) is 11.2. The minimum Gasteiger partial charge on any atom is -0.455 e. The Kier molecular flexibility index (Phi) is 10.1. The number of fused-ring (bicyclic) bond motifs is 3. The van der Waals surface area contributed by atoms with Crippen LogP contribution in [0.25, 0.3) is 10.8 Å². The highest BCUT2D eigenvalue weighted by atomic mass is 16.6. The van der Waals surface area contributed by atoms with E-state index in [1.165, 1.54) is 12.0 Å². The molecule has 0 aliphatic carbocycles. The van der Waals surface area contributed by atoms with Crippen LogP contribution in [0.1, 0.15) is 36.1 Å². The van der Waals surface area contributed by atoms with E-state index in [-0.39, 0.29) is 25.5 Å². The van der Waals surface area contributed by atoms with Gasteiger partial charge in [-0.05, 0) is 40.5 Å². The molecule has 4 aromatic carbocycles. The fourth-order valence-corrected chi connectivity index (χ4v) is 8.74. The van der Waals surface area contributed by atoms with E-state index in [9.17, 15) is 14.7 Å².